The van der Waals surface area contributed by atoms with Crippen LogP contribution < -0.4 is 0 Å². The van der Waals surface area contributed by atoms with Crippen molar-refractivity contribution in [3.05, 3.63) is 146 Å². The van der Waals surface area contributed by atoms with E-state index in [-0.39, 0.29) is 0 Å². The molecular formula is C42H24N4S. The van der Waals surface area contributed by atoms with Crippen LogP contribution in [0.4, 0.5) is 0 Å². The number of pyridine rings is 2. The van der Waals surface area contributed by atoms with Gasteiger partial charge in [0.2, 0.25) is 0 Å². The minimum atomic E-state index is 0.691. The molecule has 0 fully saturated rings. The Balaban J connectivity index is 1.36. The minimum absolute atomic E-state index is 0.691. The average Bonchev–Trinajstić information content (AvgIpc) is 3.52. The second-order valence-electron chi connectivity index (χ2n) is 11.8. The third-order valence-electron chi connectivity index (χ3n) is 9.16. The van der Waals surface area contributed by atoms with Crippen molar-refractivity contribution in [1.29, 1.82) is 0 Å². The van der Waals surface area contributed by atoms with Gasteiger partial charge in [-0.2, -0.15) is 0 Å². The van der Waals surface area contributed by atoms with Gasteiger partial charge in [-0.25, -0.2) is 9.97 Å². The third-order valence-corrected chi connectivity index (χ3v) is 10.2. The first-order valence-electron chi connectivity index (χ1n) is 15.6. The maximum atomic E-state index is 5.52. The summed E-state index contributed by atoms with van der Waals surface area (Å²) in [5.74, 6) is 0.691. The van der Waals surface area contributed by atoms with E-state index in [4.69, 9.17) is 19.9 Å². The summed E-state index contributed by atoms with van der Waals surface area (Å²) in [5, 5.41) is 8.82. The molecule has 0 N–H and O–H groups in total. The molecular weight excluding hydrogens is 593 g/mol. The van der Waals surface area contributed by atoms with E-state index in [1.165, 1.54) is 15.8 Å². The number of benzene rings is 6. The van der Waals surface area contributed by atoms with Crippen LogP contribution in [-0.4, -0.2) is 19.9 Å². The molecule has 0 spiro atoms. The van der Waals surface area contributed by atoms with Crippen molar-refractivity contribution in [3.63, 3.8) is 0 Å². The summed E-state index contributed by atoms with van der Waals surface area (Å²) >= 11 is 1.72. The molecule has 47 heavy (non-hydrogen) atoms. The van der Waals surface area contributed by atoms with Crippen molar-refractivity contribution in [3.8, 4) is 33.8 Å². The number of nitrogens with zero attached hydrogens (tertiary/aromatic N) is 4. The number of thiophene rings is 1. The Hall–Kier alpha value is -6.04. The Bertz CT molecular complexity index is 2860. The fourth-order valence-electron chi connectivity index (χ4n) is 7.01. The molecule has 4 nitrogen and oxygen atoms in total. The standard InChI is InChI=1S/C42H24N4S/c1-2-8-25(9-3-1)30-20-21-34-33(24-30)37-40(31-14-4-10-26-16-18-28-12-6-22-43-38(28)35(26)31)45-41(46-42(37)47-34)32-15-5-11-27-17-19-29-13-7-23-44-39(29)36(27)32/h1-24H. The smallest absolute Gasteiger partial charge is 0.162 e. The molecule has 0 saturated carbocycles. The Kier molecular flexibility index (Phi) is 5.71. The molecule has 0 saturated heterocycles. The Morgan fingerprint density at radius 3 is 1.81 bits per heavy atom. The Labute approximate surface area is 273 Å². The lowest BCUT2D eigenvalue weighted by Crippen LogP contribution is -1.96. The fourth-order valence-corrected chi connectivity index (χ4v) is 8.07. The van der Waals surface area contributed by atoms with Crippen molar-refractivity contribution in [1.82, 2.24) is 19.9 Å². The fraction of sp³-hybridized carbons (Fsp3) is 0. The molecule has 6 aromatic carbocycles. The number of aromatic nitrogens is 4. The van der Waals surface area contributed by atoms with Gasteiger partial charge < -0.3 is 0 Å². The lowest BCUT2D eigenvalue weighted by molar-refractivity contribution is 1.25. The molecule has 0 aliphatic carbocycles. The van der Waals surface area contributed by atoms with E-state index in [0.717, 1.165) is 75.8 Å². The molecule has 10 aromatic rings. The van der Waals surface area contributed by atoms with Crippen LogP contribution in [0.2, 0.25) is 0 Å². The first-order chi connectivity index (χ1) is 23.3. The van der Waals surface area contributed by atoms with Gasteiger partial charge in [-0.05, 0) is 46.2 Å². The predicted molar refractivity (Wildman–Crippen MR) is 197 cm³/mol. The van der Waals surface area contributed by atoms with Gasteiger partial charge in [-0.1, -0.05) is 109 Å². The van der Waals surface area contributed by atoms with Gasteiger partial charge in [-0.3, -0.25) is 9.97 Å². The van der Waals surface area contributed by atoms with Gasteiger partial charge in [0.1, 0.15) is 4.83 Å². The van der Waals surface area contributed by atoms with Crippen LogP contribution in [0.3, 0.4) is 0 Å². The van der Waals surface area contributed by atoms with Crippen molar-refractivity contribution in [2.45, 2.75) is 0 Å². The van der Waals surface area contributed by atoms with Crippen molar-refractivity contribution in [2.75, 3.05) is 0 Å². The van der Waals surface area contributed by atoms with Gasteiger partial charge in [0.15, 0.2) is 5.82 Å². The van der Waals surface area contributed by atoms with Crippen LogP contribution in [0.15, 0.2) is 146 Å². The first kappa shape index (κ1) is 26.2. The summed E-state index contributed by atoms with van der Waals surface area (Å²) in [7, 11) is 0. The minimum Gasteiger partial charge on any atom is -0.256 e. The van der Waals surface area contributed by atoms with Gasteiger partial charge in [-0.15, -0.1) is 11.3 Å². The maximum Gasteiger partial charge on any atom is 0.162 e. The van der Waals surface area contributed by atoms with E-state index >= 15 is 0 Å². The van der Waals surface area contributed by atoms with E-state index in [2.05, 4.69) is 121 Å². The Morgan fingerprint density at radius 2 is 1.09 bits per heavy atom. The maximum absolute atomic E-state index is 5.52. The van der Waals surface area contributed by atoms with Crippen LogP contribution in [0, 0.1) is 0 Å². The molecule has 0 amide bonds. The summed E-state index contributed by atoms with van der Waals surface area (Å²) < 4.78 is 1.18. The van der Waals surface area contributed by atoms with Crippen LogP contribution >= 0.6 is 11.3 Å². The Morgan fingerprint density at radius 1 is 0.447 bits per heavy atom. The molecule has 0 bridgehead atoms. The summed E-state index contributed by atoms with van der Waals surface area (Å²) in [6.45, 7) is 0. The first-order valence-corrected chi connectivity index (χ1v) is 16.5. The highest BCUT2D eigenvalue weighted by molar-refractivity contribution is 7.25. The van der Waals surface area contributed by atoms with Crippen molar-refractivity contribution >= 4 is 75.0 Å². The highest BCUT2D eigenvalue weighted by Gasteiger charge is 2.21. The number of rotatable bonds is 3. The second-order valence-corrected chi connectivity index (χ2v) is 12.9. The lowest BCUT2D eigenvalue weighted by atomic mass is 9.95. The van der Waals surface area contributed by atoms with E-state index in [1.54, 1.807) is 11.3 Å². The molecule has 0 unspecified atom stereocenters. The quantitative estimate of drug-likeness (QED) is 0.185. The van der Waals surface area contributed by atoms with Gasteiger partial charge in [0.05, 0.1) is 16.7 Å². The van der Waals surface area contributed by atoms with Gasteiger partial charge in [0.25, 0.3) is 0 Å². The second kappa shape index (κ2) is 10.2. The molecule has 0 radical (unpaired) electrons. The van der Waals surface area contributed by atoms with E-state index in [1.807, 2.05) is 24.5 Å². The zero-order chi connectivity index (χ0) is 30.9. The van der Waals surface area contributed by atoms with E-state index < -0.39 is 0 Å². The summed E-state index contributed by atoms with van der Waals surface area (Å²) in [6, 6.07) is 46.9. The number of hydrogen-bond acceptors (Lipinski definition) is 5. The van der Waals surface area contributed by atoms with Crippen molar-refractivity contribution in [2.24, 2.45) is 0 Å². The largest absolute Gasteiger partial charge is 0.256 e. The van der Waals surface area contributed by atoms with Crippen LogP contribution in [-0.2, 0) is 0 Å². The monoisotopic (exact) mass is 616 g/mol. The number of hydrogen-bond donors (Lipinski definition) is 0. The average molecular weight is 617 g/mol. The zero-order valence-corrected chi connectivity index (χ0v) is 25.9. The predicted octanol–water partition coefficient (Wildman–Crippen LogP) is 11.2. The normalized spacial score (nSPS) is 11.8. The molecule has 5 heteroatoms. The molecule has 4 heterocycles. The van der Waals surface area contributed by atoms with Gasteiger partial charge >= 0.3 is 0 Å². The SMILES string of the molecule is c1ccc(-c2ccc3sc4nc(-c5cccc6ccc7cccnc7c56)nc(-c5cccc6ccc7cccnc7c56)c4c3c2)cc1. The zero-order valence-electron chi connectivity index (χ0n) is 25.1. The third kappa shape index (κ3) is 4.07. The van der Waals surface area contributed by atoms with Gasteiger partial charge in [0, 0.05) is 60.5 Å². The highest BCUT2D eigenvalue weighted by atomic mass is 32.1. The molecule has 0 aliphatic heterocycles. The van der Waals surface area contributed by atoms with Crippen molar-refractivity contribution < 1.29 is 0 Å². The highest BCUT2D eigenvalue weighted by Crippen LogP contribution is 2.44. The molecule has 218 valence electrons. The summed E-state index contributed by atoms with van der Waals surface area (Å²) in [6.07, 6.45) is 3.73. The van der Waals surface area contributed by atoms with Crippen LogP contribution in [0.5, 0.6) is 0 Å². The van der Waals surface area contributed by atoms with E-state index in [9.17, 15) is 0 Å². The molecule has 0 atom stereocenters. The van der Waals surface area contributed by atoms with Crippen LogP contribution in [0.25, 0.3) is 97.4 Å². The van der Waals surface area contributed by atoms with Crippen LogP contribution in [0.1, 0.15) is 0 Å². The molecule has 4 aromatic heterocycles. The molecule has 0 aliphatic rings. The topological polar surface area (TPSA) is 51.6 Å². The number of fused-ring (bicyclic) bond motifs is 9. The van der Waals surface area contributed by atoms with E-state index in [0.29, 0.717) is 5.82 Å². The summed E-state index contributed by atoms with van der Waals surface area (Å²) in [5.41, 5.74) is 7.21. The molecule has 10 rings (SSSR count). The summed E-state index contributed by atoms with van der Waals surface area (Å²) in [4.78, 5) is 21.5. The lowest BCUT2D eigenvalue weighted by Gasteiger charge is -2.13.